The normalized spacial score (nSPS) is 20.9. The molecular formula is C15H21ClN2O2. The molecule has 0 saturated carbocycles. The van der Waals surface area contributed by atoms with Gasteiger partial charge in [0.15, 0.2) is 0 Å². The number of hydrogen-bond donors (Lipinski definition) is 2. The Hall–Kier alpha value is -1.10. The molecule has 110 valence electrons. The fourth-order valence-electron chi connectivity index (χ4n) is 2.49. The third-order valence-electron chi connectivity index (χ3n) is 3.79. The first-order valence-electron chi connectivity index (χ1n) is 7.01. The number of halogens is 1. The zero-order chi connectivity index (χ0) is 14.5. The summed E-state index contributed by atoms with van der Waals surface area (Å²) in [6, 6.07) is 7.22. The Kier molecular flexibility index (Phi) is 5.40. The van der Waals surface area contributed by atoms with Crippen molar-refractivity contribution in [3.8, 4) is 0 Å². The largest absolute Gasteiger partial charge is 0.393 e. The first kappa shape index (κ1) is 15.3. The molecule has 2 unspecified atom stereocenters. The van der Waals surface area contributed by atoms with E-state index in [0.29, 0.717) is 23.0 Å². The molecule has 1 saturated heterocycles. The summed E-state index contributed by atoms with van der Waals surface area (Å²) >= 11 is 6.00. The molecule has 4 nitrogen and oxygen atoms in total. The lowest BCUT2D eigenvalue weighted by Gasteiger charge is -2.17. The van der Waals surface area contributed by atoms with Gasteiger partial charge in [0.25, 0.3) is 0 Å². The van der Waals surface area contributed by atoms with Crippen LogP contribution in [0.15, 0.2) is 24.3 Å². The molecule has 0 bridgehead atoms. The predicted molar refractivity (Wildman–Crippen MR) is 80.9 cm³/mol. The van der Waals surface area contributed by atoms with Crippen molar-refractivity contribution in [1.82, 2.24) is 4.90 Å². The number of carbonyl (C=O) groups excluding carboxylic acids is 1. The Morgan fingerprint density at radius 1 is 1.55 bits per heavy atom. The number of carbonyl (C=O) groups is 1. The third-order valence-corrected chi connectivity index (χ3v) is 4.12. The van der Waals surface area contributed by atoms with E-state index in [2.05, 4.69) is 10.2 Å². The van der Waals surface area contributed by atoms with E-state index in [0.717, 1.165) is 26.1 Å². The van der Waals surface area contributed by atoms with Crippen LogP contribution in [-0.4, -0.2) is 41.7 Å². The predicted octanol–water partition coefficient (Wildman–Crippen LogP) is 2.37. The fraction of sp³-hybridized carbons (Fsp3) is 0.533. The molecule has 2 rings (SSSR count). The Labute approximate surface area is 124 Å². The lowest BCUT2D eigenvalue weighted by molar-refractivity contribution is -0.116. The van der Waals surface area contributed by atoms with Gasteiger partial charge in [0.05, 0.1) is 16.8 Å². The van der Waals surface area contributed by atoms with Gasteiger partial charge in [-0.05, 0) is 37.9 Å². The summed E-state index contributed by atoms with van der Waals surface area (Å²) in [7, 11) is 0. The Morgan fingerprint density at radius 2 is 2.30 bits per heavy atom. The van der Waals surface area contributed by atoms with Crippen LogP contribution in [0, 0.1) is 5.92 Å². The van der Waals surface area contributed by atoms with Crippen molar-refractivity contribution < 1.29 is 9.90 Å². The molecule has 2 atom stereocenters. The van der Waals surface area contributed by atoms with E-state index in [1.165, 1.54) is 0 Å². The van der Waals surface area contributed by atoms with Gasteiger partial charge >= 0.3 is 0 Å². The number of nitrogens with zero attached hydrogens (tertiary/aromatic N) is 1. The summed E-state index contributed by atoms with van der Waals surface area (Å²) in [5, 5.41) is 12.9. The summed E-state index contributed by atoms with van der Waals surface area (Å²) in [5.41, 5.74) is 0.655. The first-order chi connectivity index (χ1) is 9.56. The maximum atomic E-state index is 11.9. The lowest BCUT2D eigenvalue weighted by Crippen LogP contribution is -2.27. The minimum Gasteiger partial charge on any atom is -0.393 e. The zero-order valence-electron chi connectivity index (χ0n) is 11.7. The number of hydrogen-bond acceptors (Lipinski definition) is 3. The van der Waals surface area contributed by atoms with E-state index >= 15 is 0 Å². The van der Waals surface area contributed by atoms with Crippen LogP contribution in [0.5, 0.6) is 0 Å². The van der Waals surface area contributed by atoms with E-state index in [1.54, 1.807) is 12.1 Å². The van der Waals surface area contributed by atoms with Gasteiger partial charge in [-0.3, -0.25) is 4.79 Å². The van der Waals surface area contributed by atoms with Crippen LogP contribution in [0.25, 0.3) is 0 Å². The number of amides is 1. The van der Waals surface area contributed by atoms with E-state index < -0.39 is 0 Å². The van der Waals surface area contributed by atoms with Crippen molar-refractivity contribution in [2.24, 2.45) is 5.92 Å². The van der Waals surface area contributed by atoms with Crippen LogP contribution in [0.2, 0.25) is 5.02 Å². The van der Waals surface area contributed by atoms with E-state index in [-0.39, 0.29) is 12.0 Å². The van der Waals surface area contributed by atoms with E-state index in [4.69, 9.17) is 11.6 Å². The van der Waals surface area contributed by atoms with Crippen LogP contribution in [-0.2, 0) is 4.79 Å². The summed E-state index contributed by atoms with van der Waals surface area (Å²) in [6.45, 7) is 4.38. The van der Waals surface area contributed by atoms with Crippen LogP contribution in [0.1, 0.15) is 19.8 Å². The van der Waals surface area contributed by atoms with Crippen molar-refractivity contribution in [3.63, 3.8) is 0 Å². The highest BCUT2D eigenvalue weighted by atomic mass is 35.5. The molecule has 1 amide bonds. The highest BCUT2D eigenvalue weighted by Gasteiger charge is 2.25. The van der Waals surface area contributed by atoms with Crippen LogP contribution in [0.4, 0.5) is 5.69 Å². The van der Waals surface area contributed by atoms with Crippen molar-refractivity contribution >= 4 is 23.2 Å². The number of nitrogens with one attached hydrogen (secondary N) is 1. The second-order valence-electron chi connectivity index (χ2n) is 5.37. The Morgan fingerprint density at radius 3 is 2.95 bits per heavy atom. The van der Waals surface area contributed by atoms with Gasteiger partial charge in [-0.15, -0.1) is 0 Å². The number of anilines is 1. The molecule has 1 aliphatic rings. The molecule has 2 N–H and O–H groups in total. The topological polar surface area (TPSA) is 52.6 Å². The fourth-order valence-corrected chi connectivity index (χ4v) is 2.68. The summed E-state index contributed by atoms with van der Waals surface area (Å²) in [4.78, 5) is 14.1. The molecule has 0 spiro atoms. The van der Waals surface area contributed by atoms with E-state index in [9.17, 15) is 9.90 Å². The molecule has 5 heteroatoms. The molecule has 1 aromatic rings. The summed E-state index contributed by atoms with van der Waals surface area (Å²) in [5.74, 6) is 0.306. The van der Waals surface area contributed by atoms with Crippen LogP contribution in [0.3, 0.4) is 0 Å². The van der Waals surface area contributed by atoms with Gasteiger partial charge in [0.2, 0.25) is 5.91 Å². The highest BCUT2D eigenvalue weighted by molar-refractivity contribution is 6.33. The minimum absolute atomic E-state index is 0.0291. The second-order valence-corrected chi connectivity index (χ2v) is 5.78. The number of aliphatic hydroxyl groups is 1. The van der Waals surface area contributed by atoms with Gasteiger partial charge in [-0.1, -0.05) is 23.7 Å². The quantitative estimate of drug-likeness (QED) is 0.877. The number of likely N-dealkylation sites (tertiary alicyclic amines) is 1. The number of benzene rings is 1. The van der Waals surface area contributed by atoms with Gasteiger partial charge in [-0.25, -0.2) is 0 Å². The average Bonchev–Trinajstić information content (AvgIpc) is 2.88. The standard InChI is InChI=1S/C15H21ClN2O2/c1-11(19)12-6-8-18(10-12)9-7-15(20)17-14-5-3-2-4-13(14)16/h2-5,11-12,19H,6-10H2,1H3,(H,17,20). The van der Waals surface area contributed by atoms with Crippen molar-refractivity contribution in [3.05, 3.63) is 29.3 Å². The van der Waals surface area contributed by atoms with Crippen LogP contribution < -0.4 is 5.32 Å². The van der Waals surface area contributed by atoms with Gasteiger partial charge in [0.1, 0.15) is 0 Å². The van der Waals surface area contributed by atoms with Crippen molar-refractivity contribution in [2.75, 3.05) is 25.0 Å². The molecule has 20 heavy (non-hydrogen) atoms. The van der Waals surface area contributed by atoms with Gasteiger partial charge in [-0.2, -0.15) is 0 Å². The molecular weight excluding hydrogens is 276 g/mol. The zero-order valence-corrected chi connectivity index (χ0v) is 12.4. The number of para-hydroxylation sites is 1. The van der Waals surface area contributed by atoms with Gasteiger partial charge < -0.3 is 15.3 Å². The average molecular weight is 297 g/mol. The Balaban J connectivity index is 1.75. The Bertz CT molecular complexity index is 465. The SMILES string of the molecule is CC(O)C1CCN(CCC(=O)Nc2ccccc2Cl)C1. The van der Waals surface area contributed by atoms with Gasteiger partial charge in [0, 0.05) is 19.5 Å². The van der Waals surface area contributed by atoms with Crippen molar-refractivity contribution in [1.29, 1.82) is 0 Å². The highest BCUT2D eigenvalue weighted by Crippen LogP contribution is 2.21. The maximum absolute atomic E-state index is 11.9. The maximum Gasteiger partial charge on any atom is 0.225 e. The molecule has 1 aliphatic heterocycles. The van der Waals surface area contributed by atoms with E-state index in [1.807, 2.05) is 19.1 Å². The third kappa shape index (κ3) is 4.20. The number of rotatable bonds is 5. The van der Waals surface area contributed by atoms with Crippen molar-refractivity contribution in [2.45, 2.75) is 25.9 Å². The second kappa shape index (κ2) is 7.07. The minimum atomic E-state index is -0.267. The molecule has 1 heterocycles. The first-order valence-corrected chi connectivity index (χ1v) is 7.39. The molecule has 0 aliphatic carbocycles. The smallest absolute Gasteiger partial charge is 0.225 e. The molecule has 1 fully saturated rings. The monoisotopic (exact) mass is 296 g/mol. The number of aliphatic hydroxyl groups excluding tert-OH is 1. The molecule has 1 aromatic carbocycles. The summed E-state index contributed by atoms with van der Waals surface area (Å²) < 4.78 is 0. The lowest BCUT2D eigenvalue weighted by atomic mass is 10.0. The van der Waals surface area contributed by atoms with Crippen LogP contribution >= 0.6 is 11.6 Å². The summed E-state index contributed by atoms with van der Waals surface area (Å²) in [6.07, 6.45) is 1.18. The molecule has 0 radical (unpaired) electrons. The molecule has 0 aromatic heterocycles.